The number of carbonyl (C=O) groups excluding carboxylic acids is 1. The van der Waals surface area contributed by atoms with E-state index in [0.717, 1.165) is 93.0 Å². The van der Waals surface area contributed by atoms with E-state index < -0.39 is 9.71 Å². The SMILES string of the molecule is C=S1(=O)NC(=O)c2ccc3c(c2)N(C[C@@H]2CC[C@H]2[C@@]2(CCC[C@H](C)[C@H]1C)CC(C)=NO2)C[C@@]1(CCCc2cc(Cl)ccc21)CO3. The van der Waals surface area contributed by atoms with Crippen molar-refractivity contribution in [3.05, 3.63) is 58.1 Å². The summed E-state index contributed by atoms with van der Waals surface area (Å²) in [6.45, 7) is 8.33. The molecule has 2 aromatic rings. The minimum Gasteiger partial charge on any atom is -0.490 e. The molecule has 0 radical (unpaired) electrons. The molecule has 2 aliphatic carbocycles. The predicted octanol–water partition coefficient (Wildman–Crippen LogP) is 6.94. The normalized spacial score (nSPS) is 36.5. The van der Waals surface area contributed by atoms with Gasteiger partial charge in [-0.15, -0.1) is 0 Å². The van der Waals surface area contributed by atoms with Crippen LogP contribution in [0.25, 0.3) is 0 Å². The van der Waals surface area contributed by atoms with Gasteiger partial charge in [-0.05, 0) is 124 Å². The molecule has 3 aliphatic heterocycles. The Morgan fingerprint density at radius 1 is 1.11 bits per heavy atom. The van der Waals surface area contributed by atoms with Crippen molar-refractivity contribution in [3.8, 4) is 5.75 Å². The van der Waals surface area contributed by atoms with Gasteiger partial charge in [0.05, 0.1) is 27.7 Å². The number of ether oxygens (including phenoxy) is 1. The number of hydrogen-bond acceptors (Lipinski definition) is 6. The Morgan fingerprint density at radius 3 is 2.71 bits per heavy atom. The molecule has 1 amide bonds. The zero-order valence-corrected chi connectivity index (χ0v) is 28.4. The van der Waals surface area contributed by atoms with E-state index >= 15 is 0 Å². The molecule has 2 spiro atoms. The van der Waals surface area contributed by atoms with Gasteiger partial charge in [0.2, 0.25) is 0 Å². The molecule has 9 heteroatoms. The zero-order chi connectivity index (χ0) is 31.6. The van der Waals surface area contributed by atoms with Gasteiger partial charge in [0.1, 0.15) is 11.4 Å². The average Bonchev–Trinajstić information content (AvgIpc) is 3.28. The van der Waals surface area contributed by atoms with Crippen molar-refractivity contribution < 1.29 is 18.6 Å². The molecule has 7 nitrogen and oxygen atoms in total. The number of amides is 1. The number of halogens is 1. The molecule has 2 aromatic carbocycles. The maximum absolute atomic E-state index is 13.8. The summed E-state index contributed by atoms with van der Waals surface area (Å²) in [5.74, 6) is 5.41. The molecule has 1 unspecified atom stereocenters. The molecule has 1 N–H and O–H groups in total. The number of carbonyl (C=O) groups is 1. The molecule has 3 heterocycles. The molecular weight excluding hydrogens is 606 g/mol. The Morgan fingerprint density at radius 2 is 1.96 bits per heavy atom. The van der Waals surface area contributed by atoms with Gasteiger partial charge in [-0.2, -0.15) is 0 Å². The maximum Gasteiger partial charge on any atom is 0.262 e. The fraction of sp³-hybridized carbons (Fsp3) is 0.583. The van der Waals surface area contributed by atoms with Crippen molar-refractivity contribution in [1.29, 1.82) is 0 Å². The molecule has 0 saturated heterocycles. The molecular formula is C36H46ClN3O4S. The number of nitrogens with zero attached hydrogens (tertiary/aromatic N) is 2. The van der Waals surface area contributed by atoms with Gasteiger partial charge < -0.3 is 14.5 Å². The summed E-state index contributed by atoms with van der Waals surface area (Å²) in [6.07, 6.45) is 8.98. The van der Waals surface area contributed by atoms with E-state index in [1.165, 1.54) is 11.1 Å². The van der Waals surface area contributed by atoms with E-state index in [9.17, 15) is 9.00 Å². The Labute approximate surface area is 273 Å². The van der Waals surface area contributed by atoms with Crippen LogP contribution in [0.3, 0.4) is 0 Å². The van der Waals surface area contributed by atoms with E-state index in [2.05, 4.69) is 46.6 Å². The highest BCUT2D eigenvalue weighted by atomic mass is 35.5. The molecule has 242 valence electrons. The van der Waals surface area contributed by atoms with Crippen LogP contribution in [-0.2, 0) is 26.4 Å². The van der Waals surface area contributed by atoms with Gasteiger partial charge >= 0.3 is 0 Å². The van der Waals surface area contributed by atoms with E-state index in [0.29, 0.717) is 24.0 Å². The summed E-state index contributed by atoms with van der Waals surface area (Å²) in [6, 6.07) is 12.0. The van der Waals surface area contributed by atoms with Crippen LogP contribution in [0.1, 0.15) is 93.6 Å². The summed E-state index contributed by atoms with van der Waals surface area (Å²) in [4.78, 5) is 22.5. The van der Waals surface area contributed by atoms with Gasteiger partial charge in [0.25, 0.3) is 5.91 Å². The second-order valence-corrected chi connectivity index (χ2v) is 17.5. The molecule has 7 atom stereocenters. The minimum atomic E-state index is -2.89. The second kappa shape index (κ2) is 11.5. The van der Waals surface area contributed by atoms with Crippen LogP contribution in [0.2, 0.25) is 5.02 Å². The number of aryl methyl sites for hydroxylation is 1. The van der Waals surface area contributed by atoms with E-state index in [1.807, 2.05) is 25.1 Å². The number of fused-ring (bicyclic) bond motifs is 5. The lowest BCUT2D eigenvalue weighted by Crippen LogP contribution is -2.53. The smallest absolute Gasteiger partial charge is 0.262 e. The fourth-order valence-electron chi connectivity index (χ4n) is 8.85. The standard InChI is InChI=1S/C36H46ClN3O4S/c1-23-7-5-16-36(19-24(2)38-44-36)31-12-9-28(31)20-40-21-35(15-6-8-26-17-29(37)11-13-30(26)35)22-43-33-14-10-27(18-32(33)40)34(41)39-45(4,42)25(23)3/h10-11,13-14,17-18,23,25,28,31H,4-9,12,15-16,19-22H2,1-3H3,(H,39,41,42)/t23-,25+,28-,31+,35-,36+,45?/m0/s1. The summed E-state index contributed by atoms with van der Waals surface area (Å²) in [7, 11) is -2.89. The van der Waals surface area contributed by atoms with Gasteiger partial charge in [-0.1, -0.05) is 29.7 Å². The quantitative estimate of drug-likeness (QED) is 0.312. The van der Waals surface area contributed by atoms with Crippen LogP contribution in [0, 0.1) is 17.8 Å². The van der Waals surface area contributed by atoms with Gasteiger partial charge in [0, 0.05) is 46.7 Å². The predicted molar refractivity (Wildman–Crippen MR) is 183 cm³/mol. The lowest BCUT2D eigenvalue weighted by molar-refractivity contribution is -0.118. The number of hydrogen-bond donors (Lipinski definition) is 1. The Bertz CT molecular complexity index is 1640. The first kappa shape index (κ1) is 30.9. The minimum absolute atomic E-state index is 0.126. The number of benzene rings is 2. The van der Waals surface area contributed by atoms with Crippen molar-refractivity contribution >= 4 is 44.5 Å². The maximum atomic E-state index is 13.8. The Hall–Kier alpha value is -2.71. The second-order valence-electron chi connectivity index (χ2n) is 14.6. The van der Waals surface area contributed by atoms with E-state index in [1.54, 1.807) is 6.07 Å². The third-order valence-corrected chi connectivity index (χ3v) is 14.1. The van der Waals surface area contributed by atoms with Crippen molar-refractivity contribution in [3.63, 3.8) is 0 Å². The van der Waals surface area contributed by atoms with Crippen LogP contribution in [0.5, 0.6) is 5.75 Å². The monoisotopic (exact) mass is 651 g/mol. The lowest BCUT2D eigenvalue weighted by atomic mass is 9.61. The van der Waals surface area contributed by atoms with Gasteiger partial charge in [-0.25, -0.2) is 4.21 Å². The van der Waals surface area contributed by atoms with Crippen molar-refractivity contribution in [1.82, 2.24) is 4.72 Å². The van der Waals surface area contributed by atoms with Crippen LogP contribution in [0.4, 0.5) is 5.69 Å². The number of rotatable bonds is 0. The Kier molecular flexibility index (Phi) is 7.91. The highest BCUT2D eigenvalue weighted by Crippen LogP contribution is 2.52. The molecule has 0 aromatic heterocycles. The van der Waals surface area contributed by atoms with Crippen LogP contribution < -0.4 is 14.4 Å². The van der Waals surface area contributed by atoms with E-state index in [-0.39, 0.29) is 28.1 Å². The third kappa shape index (κ3) is 5.54. The zero-order valence-electron chi connectivity index (χ0n) is 26.8. The van der Waals surface area contributed by atoms with E-state index in [4.69, 9.17) is 21.2 Å². The topological polar surface area (TPSA) is 80.2 Å². The molecule has 2 bridgehead atoms. The first-order chi connectivity index (χ1) is 21.5. The van der Waals surface area contributed by atoms with Crippen LogP contribution in [-0.4, -0.2) is 52.2 Å². The number of nitrogens with one attached hydrogen (secondary N) is 1. The summed E-state index contributed by atoms with van der Waals surface area (Å²) in [5.41, 5.74) is 4.58. The highest BCUT2D eigenvalue weighted by molar-refractivity contribution is 7.99. The van der Waals surface area contributed by atoms with Crippen LogP contribution in [0.15, 0.2) is 41.6 Å². The third-order valence-electron chi connectivity index (χ3n) is 11.7. The van der Waals surface area contributed by atoms with Gasteiger partial charge in [0.15, 0.2) is 0 Å². The largest absolute Gasteiger partial charge is 0.490 e. The van der Waals surface area contributed by atoms with Gasteiger partial charge in [-0.3, -0.25) is 9.52 Å². The molecule has 45 heavy (non-hydrogen) atoms. The highest BCUT2D eigenvalue weighted by Gasteiger charge is 2.53. The van der Waals surface area contributed by atoms with Crippen molar-refractivity contribution in [2.75, 3.05) is 24.6 Å². The van der Waals surface area contributed by atoms with Crippen molar-refractivity contribution in [2.24, 2.45) is 22.9 Å². The summed E-state index contributed by atoms with van der Waals surface area (Å²) >= 11 is 6.46. The first-order valence-electron chi connectivity index (χ1n) is 16.7. The van der Waals surface area contributed by atoms with Crippen LogP contribution >= 0.6 is 11.6 Å². The number of anilines is 1. The molecule has 5 aliphatic rings. The van der Waals surface area contributed by atoms with Crippen molar-refractivity contribution in [2.45, 2.75) is 94.8 Å². The first-order valence-corrected chi connectivity index (χ1v) is 18.9. The summed E-state index contributed by atoms with van der Waals surface area (Å²) in [5, 5.41) is 4.99. The molecule has 1 fully saturated rings. The molecule has 1 saturated carbocycles. The fourth-order valence-corrected chi connectivity index (χ4v) is 10.5. The molecule has 7 rings (SSSR count). The average molecular weight is 652 g/mol. The lowest BCUT2D eigenvalue weighted by Gasteiger charge is -2.49. The Balaban J connectivity index is 1.31. The number of oxime groups is 1. The summed E-state index contributed by atoms with van der Waals surface area (Å²) < 4.78 is 23.3.